The molecule has 10 nitrogen and oxygen atoms in total. The Balaban J connectivity index is 1.60. The van der Waals surface area contributed by atoms with Gasteiger partial charge in [0.15, 0.2) is 5.82 Å². The summed E-state index contributed by atoms with van der Waals surface area (Å²) in [4.78, 5) is 39.0. The minimum absolute atomic E-state index is 0.0720. The quantitative estimate of drug-likeness (QED) is 0.436. The second-order valence-electron chi connectivity index (χ2n) is 10.2. The number of hydrogen-bond donors (Lipinski definition) is 2. The lowest BCUT2D eigenvalue weighted by atomic mass is 10.1. The highest BCUT2D eigenvalue weighted by atomic mass is 19.3. The van der Waals surface area contributed by atoms with Gasteiger partial charge < -0.3 is 30.1 Å². The van der Waals surface area contributed by atoms with Gasteiger partial charge >= 0.3 is 5.92 Å². The van der Waals surface area contributed by atoms with Crippen LogP contribution in [0.1, 0.15) is 49.4 Å². The number of nitrogens with zero attached hydrogens (tertiary/aromatic N) is 5. The van der Waals surface area contributed by atoms with Gasteiger partial charge in [0.25, 0.3) is 11.8 Å². The van der Waals surface area contributed by atoms with Gasteiger partial charge in [-0.1, -0.05) is 12.8 Å². The van der Waals surface area contributed by atoms with Crippen LogP contribution in [0.5, 0.6) is 5.75 Å². The summed E-state index contributed by atoms with van der Waals surface area (Å²) >= 11 is 0. The number of fused-ring (bicyclic) bond motifs is 1. The maximum atomic E-state index is 15.0. The minimum atomic E-state index is -3.54. The van der Waals surface area contributed by atoms with Crippen LogP contribution >= 0.6 is 0 Å². The highest BCUT2D eigenvalue weighted by Gasteiger charge is 2.49. The molecule has 0 spiro atoms. The molecular weight excluding hydrogens is 508 g/mol. The summed E-state index contributed by atoms with van der Waals surface area (Å²) in [6.45, 7) is 2.42. The van der Waals surface area contributed by atoms with E-state index in [4.69, 9.17) is 4.74 Å². The average Bonchev–Trinajstić information content (AvgIpc) is 3.43. The number of aromatic nitrogens is 2. The number of ether oxygens (including phenoxy) is 1. The number of methoxy groups -OCH3 is 1. The molecule has 0 radical (unpaired) electrons. The predicted octanol–water partition coefficient (Wildman–Crippen LogP) is 3.66. The third kappa shape index (κ3) is 6.38. The molecular formula is C27H37F2N7O3. The molecule has 1 fully saturated rings. The van der Waals surface area contributed by atoms with E-state index in [1.807, 2.05) is 14.1 Å². The first-order chi connectivity index (χ1) is 18.6. The lowest BCUT2D eigenvalue weighted by Gasteiger charge is -2.31. The monoisotopic (exact) mass is 545 g/mol. The standard InChI is InChI=1S/C27H37F2N7O3/c1-5-35-21-16-31-26(33-23(21)36(19-9-6-7-10-19)17-27(28,29)25(35)38)32-20-12-11-18(15-22(20)39-4)24(37)30-13-8-14-34(2)3/h11-12,15-16,19H,5-10,13-14,17H2,1-4H3,(H,30,37)(H,31,32,33). The number of rotatable bonds is 10. The SMILES string of the molecule is CCN1C(=O)C(F)(F)CN(C2CCCC2)c2nc(Nc3ccc(C(=O)NCCCN(C)C)cc3OC)ncc21. The van der Waals surface area contributed by atoms with E-state index in [2.05, 4.69) is 25.5 Å². The summed E-state index contributed by atoms with van der Waals surface area (Å²) in [7, 11) is 5.45. The number of anilines is 4. The molecule has 1 aromatic carbocycles. The summed E-state index contributed by atoms with van der Waals surface area (Å²) in [5, 5.41) is 6.00. The van der Waals surface area contributed by atoms with Gasteiger partial charge in [-0.3, -0.25) is 9.59 Å². The van der Waals surface area contributed by atoms with E-state index in [-0.39, 0.29) is 30.1 Å². The molecule has 2 amide bonds. The predicted molar refractivity (Wildman–Crippen MR) is 146 cm³/mol. The zero-order valence-corrected chi connectivity index (χ0v) is 23.0. The number of halogens is 2. The van der Waals surface area contributed by atoms with Gasteiger partial charge in [0.2, 0.25) is 5.95 Å². The molecule has 1 aliphatic heterocycles. The average molecular weight is 546 g/mol. The molecule has 1 saturated carbocycles. The Morgan fingerprint density at radius 1 is 1.26 bits per heavy atom. The molecule has 1 aromatic heterocycles. The molecule has 0 saturated heterocycles. The number of nitrogens with one attached hydrogen (secondary N) is 2. The molecule has 212 valence electrons. The zero-order valence-electron chi connectivity index (χ0n) is 23.0. The number of carbonyl (C=O) groups is 2. The number of benzene rings is 1. The van der Waals surface area contributed by atoms with Crippen LogP contribution in [-0.2, 0) is 4.79 Å². The first-order valence-electron chi connectivity index (χ1n) is 13.4. The Bertz CT molecular complexity index is 1190. The first-order valence-corrected chi connectivity index (χ1v) is 13.4. The van der Waals surface area contributed by atoms with Gasteiger partial charge in [-0.15, -0.1) is 0 Å². The van der Waals surface area contributed by atoms with Crippen molar-refractivity contribution in [3.8, 4) is 5.75 Å². The van der Waals surface area contributed by atoms with Crippen LogP contribution in [-0.4, -0.2) is 86.0 Å². The van der Waals surface area contributed by atoms with E-state index < -0.39 is 18.4 Å². The fourth-order valence-electron chi connectivity index (χ4n) is 5.08. The maximum absolute atomic E-state index is 15.0. The highest BCUT2D eigenvalue weighted by Crippen LogP contribution is 2.40. The number of amides is 2. The largest absolute Gasteiger partial charge is 0.495 e. The van der Waals surface area contributed by atoms with Crippen molar-refractivity contribution in [2.24, 2.45) is 0 Å². The van der Waals surface area contributed by atoms with Crippen molar-refractivity contribution in [2.45, 2.75) is 51.0 Å². The van der Waals surface area contributed by atoms with Crippen LogP contribution in [0, 0.1) is 0 Å². The van der Waals surface area contributed by atoms with Gasteiger partial charge in [0.1, 0.15) is 11.4 Å². The molecule has 4 rings (SSSR count). The van der Waals surface area contributed by atoms with Crippen LogP contribution in [0.15, 0.2) is 24.4 Å². The maximum Gasteiger partial charge on any atom is 0.342 e. The Kier molecular flexibility index (Phi) is 8.83. The van der Waals surface area contributed by atoms with E-state index in [0.29, 0.717) is 29.4 Å². The second kappa shape index (κ2) is 12.1. The summed E-state index contributed by atoms with van der Waals surface area (Å²) in [5.74, 6) is -4.12. The highest BCUT2D eigenvalue weighted by molar-refractivity contribution is 6.02. The molecule has 39 heavy (non-hydrogen) atoms. The van der Waals surface area contributed by atoms with E-state index >= 15 is 0 Å². The molecule has 0 atom stereocenters. The van der Waals surface area contributed by atoms with Crippen LogP contribution in [0.2, 0.25) is 0 Å². The summed E-state index contributed by atoms with van der Waals surface area (Å²) in [5.41, 5.74) is 1.22. The molecule has 2 heterocycles. The summed E-state index contributed by atoms with van der Waals surface area (Å²) in [6.07, 6.45) is 5.64. The number of hydrogen-bond acceptors (Lipinski definition) is 8. The first kappa shape index (κ1) is 28.5. The van der Waals surface area contributed by atoms with Gasteiger partial charge in [-0.2, -0.15) is 13.8 Å². The molecule has 2 aromatic rings. The molecule has 1 aliphatic carbocycles. The van der Waals surface area contributed by atoms with Crippen LogP contribution < -0.4 is 25.2 Å². The Morgan fingerprint density at radius 2 is 2.00 bits per heavy atom. The van der Waals surface area contributed by atoms with Crippen molar-refractivity contribution in [2.75, 3.05) is 62.5 Å². The van der Waals surface area contributed by atoms with Crippen LogP contribution in [0.25, 0.3) is 0 Å². The fraction of sp³-hybridized carbons (Fsp3) is 0.556. The lowest BCUT2D eigenvalue weighted by Crippen LogP contribution is -2.49. The van der Waals surface area contributed by atoms with Gasteiger partial charge in [0.05, 0.1) is 25.5 Å². The molecule has 12 heteroatoms. The normalized spacial score (nSPS) is 17.3. The van der Waals surface area contributed by atoms with Crippen LogP contribution in [0.4, 0.5) is 31.9 Å². The lowest BCUT2D eigenvalue weighted by molar-refractivity contribution is -0.140. The van der Waals surface area contributed by atoms with Gasteiger partial charge in [-0.25, -0.2) is 4.98 Å². The van der Waals surface area contributed by atoms with E-state index in [0.717, 1.165) is 43.5 Å². The van der Waals surface area contributed by atoms with Crippen molar-refractivity contribution in [1.29, 1.82) is 0 Å². The number of alkyl halides is 2. The summed E-state index contributed by atoms with van der Waals surface area (Å²) < 4.78 is 35.5. The van der Waals surface area contributed by atoms with Crippen molar-refractivity contribution >= 4 is 35.0 Å². The topological polar surface area (TPSA) is 103 Å². The van der Waals surface area contributed by atoms with Crippen molar-refractivity contribution in [1.82, 2.24) is 20.2 Å². The molecule has 0 unspecified atom stereocenters. The second-order valence-corrected chi connectivity index (χ2v) is 10.2. The molecule has 2 aliphatic rings. The van der Waals surface area contributed by atoms with Gasteiger partial charge in [-0.05, 0) is 65.0 Å². The third-order valence-electron chi connectivity index (χ3n) is 7.10. The van der Waals surface area contributed by atoms with E-state index in [1.165, 1.54) is 13.3 Å². The Hall–Kier alpha value is -3.54. The molecule has 2 N–H and O–H groups in total. The van der Waals surface area contributed by atoms with Crippen molar-refractivity contribution in [3.05, 3.63) is 30.0 Å². The van der Waals surface area contributed by atoms with Crippen molar-refractivity contribution in [3.63, 3.8) is 0 Å². The van der Waals surface area contributed by atoms with Crippen LogP contribution in [0.3, 0.4) is 0 Å². The third-order valence-corrected chi connectivity index (χ3v) is 7.10. The minimum Gasteiger partial charge on any atom is -0.495 e. The molecule has 0 bridgehead atoms. The number of carbonyl (C=O) groups excluding carboxylic acids is 2. The van der Waals surface area contributed by atoms with Gasteiger partial charge in [0, 0.05) is 24.7 Å². The summed E-state index contributed by atoms with van der Waals surface area (Å²) in [6, 6.07) is 4.84. The smallest absolute Gasteiger partial charge is 0.342 e. The Morgan fingerprint density at radius 3 is 2.67 bits per heavy atom. The zero-order chi connectivity index (χ0) is 28.2. The van der Waals surface area contributed by atoms with Crippen molar-refractivity contribution < 1.29 is 23.1 Å². The Labute approximate surface area is 227 Å². The van der Waals surface area contributed by atoms with E-state index in [9.17, 15) is 18.4 Å². The fourth-order valence-corrected chi connectivity index (χ4v) is 5.08. The van der Waals surface area contributed by atoms with E-state index in [1.54, 1.807) is 30.0 Å².